The maximum atomic E-state index is 10.2. The number of nitrogens with zero attached hydrogens (tertiary/aromatic N) is 1. The van der Waals surface area contributed by atoms with Crippen molar-refractivity contribution < 1.29 is 19.5 Å². The molecule has 1 heterocycles. The number of hydrogen-bond acceptors (Lipinski definition) is 5. The second kappa shape index (κ2) is 3.42. The van der Waals surface area contributed by atoms with Gasteiger partial charge in [-0.2, -0.15) is 0 Å². The van der Waals surface area contributed by atoms with Crippen molar-refractivity contribution >= 4 is 11.9 Å². The Labute approximate surface area is 70.0 Å². The van der Waals surface area contributed by atoms with Crippen molar-refractivity contribution in [1.82, 2.24) is 0 Å². The Morgan fingerprint density at radius 2 is 2.25 bits per heavy atom. The van der Waals surface area contributed by atoms with Gasteiger partial charge in [0.15, 0.2) is 0 Å². The molecule has 1 saturated heterocycles. The van der Waals surface area contributed by atoms with Crippen molar-refractivity contribution in [2.75, 3.05) is 0 Å². The van der Waals surface area contributed by atoms with E-state index in [0.29, 0.717) is 18.1 Å². The normalized spacial score (nSPS) is 18.6. The standard InChI is InChI=1S/C7H11NO4/c1-4(2)3-5(8-10)6-11-7(9)12-6/h4,6,10H,3H2,1-2H3/b8-5-. The van der Waals surface area contributed by atoms with Gasteiger partial charge in [0.05, 0.1) is 0 Å². The Bertz CT molecular complexity index is 203. The summed E-state index contributed by atoms with van der Waals surface area (Å²) in [6.45, 7) is 3.93. The quantitative estimate of drug-likeness (QED) is 0.303. The summed E-state index contributed by atoms with van der Waals surface area (Å²) in [5, 5.41) is 11.5. The van der Waals surface area contributed by atoms with Crippen LogP contribution in [-0.4, -0.2) is 23.4 Å². The van der Waals surface area contributed by atoms with E-state index >= 15 is 0 Å². The number of hydrogen-bond donors (Lipinski definition) is 1. The minimum absolute atomic E-state index is 0.332. The fourth-order valence-corrected chi connectivity index (χ4v) is 0.922. The second-order valence-corrected chi connectivity index (χ2v) is 3.01. The lowest BCUT2D eigenvalue weighted by atomic mass is 10.1. The molecular weight excluding hydrogens is 162 g/mol. The van der Waals surface area contributed by atoms with Gasteiger partial charge in [0.2, 0.25) is 0 Å². The molecule has 1 aliphatic rings. The molecule has 0 radical (unpaired) electrons. The van der Waals surface area contributed by atoms with Crippen LogP contribution in [0, 0.1) is 5.92 Å². The van der Waals surface area contributed by atoms with Crippen LogP contribution in [0.15, 0.2) is 5.16 Å². The predicted molar refractivity (Wildman–Crippen MR) is 40.0 cm³/mol. The van der Waals surface area contributed by atoms with Crippen LogP contribution in [0.4, 0.5) is 4.79 Å². The fourth-order valence-electron chi connectivity index (χ4n) is 0.922. The SMILES string of the molecule is CC(C)C/C(=N/O)C1OC(=O)O1. The lowest BCUT2D eigenvalue weighted by molar-refractivity contribution is -0.144. The summed E-state index contributed by atoms with van der Waals surface area (Å²) < 4.78 is 9.08. The molecule has 5 nitrogen and oxygen atoms in total. The lowest BCUT2D eigenvalue weighted by Gasteiger charge is -2.26. The Morgan fingerprint density at radius 3 is 2.58 bits per heavy atom. The van der Waals surface area contributed by atoms with E-state index in [1.54, 1.807) is 0 Å². The van der Waals surface area contributed by atoms with Gasteiger partial charge in [0, 0.05) is 0 Å². The number of oxime groups is 1. The van der Waals surface area contributed by atoms with Gasteiger partial charge in [-0.05, 0) is 12.3 Å². The third-order valence-electron chi connectivity index (χ3n) is 1.42. The maximum absolute atomic E-state index is 10.2. The molecule has 1 aliphatic heterocycles. The zero-order valence-electron chi connectivity index (χ0n) is 6.98. The zero-order valence-corrected chi connectivity index (χ0v) is 6.98. The average molecular weight is 173 g/mol. The summed E-state index contributed by atoms with van der Waals surface area (Å²) >= 11 is 0. The van der Waals surface area contributed by atoms with Gasteiger partial charge in [0.25, 0.3) is 6.29 Å². The molecule has 0 aromatic rings. The molecule has 0 spiro atoms. The van der Waals surface area contributed by atoms with E-state index in [0.717, 1.165) is 0 Å². The van der Waals surface area contributed by atoms with E-state index in [-0.39, 0.29) is 0 Å². The molecule has 0 aliphatic carbocycles. The minimum atomic E-state index is -0.773. The van der Waals surface area contributed by atoms with Crippen molar-refractivity contribution in [1.29, 1.82) is 0 Å². The molecule has 0 saturated carbocycles. The first-order valence-electron chi connectivity index (χ1n) is 3.71. The largest absolute Gasteiger partial charge is 0.515 e. The van der Waals surface area contributed by atoms with Crippen LogP contribution in [0.25, 0.3) is 0 Å². The summed E-state index contributed by atoms with van der Waals surface area (Å²) in [5.74, 6) is 0.332. The number of ether oxygens (including phenoxy) is 2. The first-order chi connectivity index (χ1) is 5.63. The highest BCUT2D eigenvalue weighted by atomic mass is 16.9. The fraction of sp³-hybridized carbons (Fsp3) is 0.714. The molecule has 1 N–H and O–H groups in total. The van der Waals surface area contributed by atoms with E-state index < -0.39 is 12.4 Å². The second-order valence-electron chi connectivity index (χ2n) is 3.01. The van der Waals surface area contributed by atoms with Crippen LogP contribution in [0.3, 0.4) is 0 Å². The van der Waals surface area contributed by atoms with Gasteiger partial charge in [-0.3, -0.25) is 0 Å². The van der Waals surface area contributed by atoms with Crippen molar-refractivity contribution in [3.63, 3.8) is 0 Å². The van der Waals surface area contributed by atoms with Crippen LogP contribution in [0.2, 0.25) is 0 Å². The number of carbonyl (C=O) groups is 1. The van der Waals surface area contributed by atoms with Crippen LogP contribution in [-0.2, 0) is 9.47 Å². The van der Waals surface area contributed by atoms with Crippen molar-refractivity contribution in [3.05, 3.63) is 0 Å². The molecule has 0 atom stereocenters. The first kappa shape index (κ1) is 8.83. The smallest absolute Gasteiger partial charge is 0.411 e. The van der Waals surface area contributed by atoms with E-state index in [1.807, 2.05) is 13.8 Å². The van der Waals surface area contributed by atoms with E-state index in [2.05, 4.69) is 14.6 Å². The molecule has 0 amide bonds. The van der Waals surface area contributed by atoms with Gasteiger partial charge in [-0.15, -0.1) is 0 Å². The van der Waals surface area contributed by atoms with E-state index in [4.69, 9.17) is 5.21 Å². The van der Waals surface area contributed by atoms with Crippen LogP contribution in [0.5, 0.6) is 0 Å². The third-order valence-corrected chi connectivity index (χ3v) is 1.42. The summed E-state index contributed by atoms with van der Waals surface area (Å²) in [7, 11) is 0. The van der Waals surface area contributed by atoms with E-state index in [9.17, 15) is 4.79 Å². The van der Waals surface area contributed by atoms with Gasteiger partial charge < -0.3 is 14.7 Å². The molecule has 1 rings (SSSR count). The van der Waals surface area contributed by atoms with Gasteiger partial charge >= 0.3 is 6.16 Å². The van der Waals surface area contributed by atoms with Gasteiger partial charge in [0.1, 0.15) is 5.71 Å². The third kappa shape index (κ3) is 1.87. The van der Waals surface area contributed by atoms with E-state index in [1.165, 1.54) is 0 Å². The average Bonchev–Trinajstić information content (AvgIpc) is 1.94. The molecule has 0 aromatic carbocycles. The van der Waals surface area contributed by atoms with Gasteiger partial charge in [-0.25, -0.2) is 4.79 Å². The lowest BCUT2D eigenvalue weighted by Crippen LogP contribution is -2.42. The zero-order chi connectivity index (χ0) is 9.14. The molecule has 0 bridgehead atoms. The highest BCUT2D eigenvalue weighted by Crippen LogP contribution is 2.16. The minimum Gasteiger partial charge on any atom is -0.411 e. The molecule has 1 fully saturated rings. The van der Waals surface area contributed by atoms with Crippen molar-refractivity contribution in [2.45, 2.75) is 26.6 Å². The van der Waals surface area contributed by atoms with Crippen molar-refractivity contribution in [2.24, 2.45) is 11.1 Å². The molecule has 0 aromatic heterocycles. The molecule has 68 valence electrons. The maximum Gasteiger partial charge on any atom is 0.515 e. The Morgan fingerprint density at radius 1 is 1.67 bits per heavy atom. The summed E-state index contributed by atoms with van der Waals surface area (Å²) in [4.78, 5) is 10.2. The number of carbonyl (C=O) groups excluding carboxylic acids is 1. The number of rotatable bonds is 3. The number of cyclic esters (lactones) is 2. The monoisotopic (exact) mass is 173 g/mol. The molecule has 5 heteroatoms. The van der Waals surface area contributed by atoms with Crippen LogP contribution < -0.4 is 0 Å². The highest BCUT2D eigenvalue weighted by Gasteiger charge is 2.35. The van der Waals surface area contributed by atoms with Crippen LogP contribution in [0.1, 0.15) is 20.3 Å². The van der Waals surface area contributed by atoms with Crippen LogP contribution >= 0.6 is 0 Å². The molecular formula is C7H11NO4. The van der Waals surface area contributed by atoms with Gasteiger partial charge in [-0.1, -0.05) is 19.0 Å². The summed E-state index contributed by atoms with van der Waals surface area (Å²) in [5.41, 5.74) is 0.351. The topological polar surface area (TPSA) is 68.1 Å². The highest BCUT2D eigenvalue weighted by molar-refractivity contribution is 5.92. The molecule has 0 unspecified atom stereocenters. The van der Waals surface area contributed by atoms with Crippen molar-refractivity contribution in [3.8, 4) is 0 Å². The molecule has 12 heavy (non-hydrogen) atoms. The Kier molecular flexibility index (Phi) is 2.52. The summed E-state index contributed by atoms with van der Waals surface area (Å²) in [6.07, 6.45) is -0.941. The Balaban J connectivity index is 2.42. The summed E-state index contributed by atoms with van der Waals surface area (Å²) in [6, 6.07) is 0. The first-order valence-corrected chi connectivity index (χ1v) is 3.71. The predicted octanol–water partition coefficient (Wildman–Crippen LogP) is 1.36. The Hall–Kier alpha value is -1.26.